The molecule has 0 aliphatic carbocycles. The lowest BCUT2D eigenvalue weighted by molar-refractivity contribution is -0.154. The molecule has 1 amide bonds. The summed E-state index contributed by atoms with van der Waals surface area (Å²) in [6.07, 6.45) is -0.624. The smallest absolute Gasteiger partial charge is 0.307 e. The van der Waals surface area contributed by atoms with Crippen LogP contribution in [-0.4, -0.2) is 33.2 Å². The molecule has 0 heterocycles. The first-order valence-electron chi connectivity index (χ1n) is 10.9. The Morgan fingerprint density at radius 1 is 0.853 bits per heavy atom. The number of nitrogens with one attached hydrogen (secondary N) is 1. The van der Waals surface area contributed by atoms with E-state index in [1.165, 1.54) is 7.11 Å². The molecule has 34 heavy (non-hydrogen) atoms. The number of aryl methyl sites for hydroxylation is 2. The van der Waals surface area contributed by atoms with Gasteiger partial charge in [-0.05, 0) is 48.7 Å². The van der Waals surface area contributed by atoms with Gasteiger partial charge in [0.15, 0.2) is 0 Å². The van der Waals surface area contributed by atoms with E-state index in [0.717, 1.165) is 11.1 Å². The highest BCUT2D eigenvalue weighted by atomic mass is 16.5. The van der Waals surface area contributed by atoms with Crippen LogP contribution in [0.3, 0.4) is 0 Å². The minimum Gasteiger partial charge on any atom is -0.497 e. The summed E-state index contributed by atoms with van der Waals surface area (Å²) in [5.41, 5.74) is 2.90. The SMILES string of the molecule is COc1cc(CCC(=O)OC(C(=O)Nc2cc(C)ccc2OC)c2ccccc2)cc(OC)c1. The average molecular weight is 464 g/mol. The number of benzene rings is 3. The van der Waals surface area contributed by atoms with Crippen LogP contribution >= 0.6 is 0 Å². The number of ether oxygens (including phenoxy) is 4. The molecule has 7 nitrogen and oxygen atoms in total. The van der Waals surface area contributed by atoms with Crippen LogP contribution < -0.4 is 19.5 Å². The van der Waals surface area contributed by atoms with Gasteiger partial charge in [-0.25, -0.2) is 0 Å². The number of hydrogen-bond acceptors (Lipinski definition) is 6. The maximum absolute atomic E-state index is 13.2. The van der Waals surface area contributed by atoms with Gasteiger partial charge in [0.1, 0.15) is 17.2 Å². The van der Waals surface area contributed by atoms with Gasteiger partial charge in [0, 0.05) is 18.1 Å². The van der Waals surface area contributed by atoms with E-state index in [1.807, 2.05) is 31.2 Å². The van der Waals surface area contributed by atoms with Gasteiger partial charge in [-0.3, -0.25) is 9.59 Å². The zero-order chi connectivity index (χ0) is 24.5. The summed E-state index contributed by atoms with van der Waals surface area (Å²) >= 11 is 0. The molecule has 178 valence electrons. The van der Waals surface area contributed by atoms with E-state index >= 15 is 0 Å². The molecule has 0 aliphatic rings. The van der Waals surface area contributed by atoms with Gasteiger partial charge in [-0.1, -0.05) is 36.4 Å². The number of rotatable bonds is 10. The molecule has 0 fully saturated rings. The molecule has 7 heteroatoms. The van der Waals surface area contributed by atoms with E-state index in [9.17, 15) is 9.59 Å². The molecular formula is C27H29NO6. The third-order valence-electron chi connectivity index (χ3n) is 5.23. The van der Waals surface area contributed by atoms with Crippen LogP contribution in [0.1, 0.15) is 29.2 Å². The van der Waals surface area contributed by atoms with Crippen molar-refractivity contribution in [3.63, 3.8) is 0 Å². The van der Waals surface area contributed by atoms with Crippen LogP contribution in [0.15, 0.2) is 66.7 Å². The summed E-state index contributed by atoms with van der Waals surface area (Å²) in [5.74, 6) is 0.824. The Morgan fingerprint density at radius 3 is 2.15 bits per heavy atom. The van der Waals surface area contributed by atoms with Crippen LogP contribution in [-0.2, 0) is 20.7 Å². The van der Waals surface area contributed by atoms with Gasteiger partial charge in [0.05, 0.1) is 27.0 Å². The fourth-order valence-electron chi connectivity index (χ4n) is 3.47. The van der Waals surface area contributed by atoms with Crippen LogP contribution in [0.2, 0.25) is 0 Å². The molecule has 0 aromatic heterocycles. The molecule has 0 spiro atoms. The second-order valence-corrected chi connectivity index (χ2v) is 7.69. The van der Waals surface area contributed by atoms with Gasteiger partial charge in [0.25, 0.3) is 5.91 Å². The molecule has 1 atom stereocenters. The number of amides is 1. The molecule has 0 radical (unpaired) electrons. The van der Waals surface area contributed by atoms with Crippen molar-refractivity contribution >= 4 is 17.6 Å². The second-order valence-electron chi connectivity index (χ2n) is 7.69. The van der Waals surface area contributed by atoms with Crippen LogP contribution in [0.25, 0.3) is 0 Å². The monoisotopic (exact) mass is 463 g/mol. The van der Waals surface area contributed by atoms with Crippen molar-refractivity contribution in [1.82, 2.24) is 0 Å². The minimum atomic E-state index is -1.11. The number of hydrogen-bond donors (Lipinski definition) is 1. The Kier molecular flexibility index (Phi) is 8.51. The maximum Gasteiger partial charge on any atom is 0.307 e. The van der Waals surface area contributed by atoms with Crippen LogP contribution in [0.4, 0.5) is 5.69 Å². The third kappa shape index (κ3) is 6.51. The van der Waals surface area contributed by atoms with E-state index in [0.29, 0.717) is 34.9 Å². The standard InChI is InChI=1S/C27H29NO6/c1-18-10-12-24(33-4)23(14-18)28-27(30)26(20-8-6-5-7-9-20)34-25(29)13-11-19-15-21(31-2)17-22(16-19)32-3/h5-10,12,14-17,26H,11,13H2,1-4H3,(H,28,30). The van der Waals surface area contributed by atoms with Gasteiger partial charge in [-0.2, -0.15) is 0 Å². The number of anilines is 1. The van der Waals surface area contributed by atoms with Crippen molar-refractivity contribution in [3.8, 4) is 17.2 Å². The Labute approximate surface area is 199 Å². The summed E-state index contributed by atoms with van der Waals surface area (Å²) in [7, 11) is 4.67. The van der Waals surface area contributed by atoms with Crippen LogP contribution in [0, 0.1) is 6.92 Å². The second kappa shape index (κ2) is 11.7. The lowest BCUT2D eigenvalue weighted by Gasteiger charge is -2.19. The van der Waals surface area contributed by atoms with E-state index in [1.54, 1.807) is 56.7 Å². The largest absolute Gasteiger partial charge is 0.497 e. The van der Waals surface area contributed by atoms with E-state index < -0.39 is 18.0 Å². The molecule has 3 rings (SSSR count). The fraction of sp³-hybridized carbons (Fsp3) is 0.259. The molecule has 0 bridgehead atoms. The summed E-state index contributed by atoms with van der Waals surface area (Å²) in [6.45, 7) is 1.91. The first kappa shape index (κ1) is 24.6. The van der Waals surface area contributed by atoms with E-state index in [-0.39, 0.29) is 6.42 Å². The summed E-state index contributed by atoms with van der Waals surface area (Å²) in [5, 5.41) is 2.84. The first-order chi connectivity index (χ1) is 16.4. The van der Waals surface area contributed by atoms with Crippen molar-refractivity contribution in [2.75, 3.05) is 26.6 Å². The highest BCUT2D eigenvalue weighted by Gasteiger charge is 2.26. The van der Waals surface area contributed by atoms with Crippen molar-refractivity contribution < 1.29 is 28.5 Å². The van der Waals surface area contributed by atoms with Crippen molar-refractivity contribution in [3.05, 3.63) is 83.4 Å². The maximum atomic E-state index is 13.2. The first-order valence-corrected chi connectivity index (χ1v) is 10.9. The van der Waals surface area contributed by atoms with E-state index in [4.69, 9.17) is 18.9 Å². The van der Waals surface area contributed by atoms with Gasteiger partial charge < -0.3 is 24.3 Å². The predicted octanol–water partition coefficient (Wildman–Crippen LogP) is 4.88. The molecule has 1 N–H and O–H groups in total. The Bertz CT molecular complexity index is 1110. The fourth-order valence-corrected chi connectivity index (χ4v) is 3.47. The number of carbonyl (C=O) groups is 2. The Balaban J connectivity index is 1.75. The van der Waals surface area contributed by atoms with Crippen LogP contribution in [0.5, 0.6) is 17.2 Å². The predicted molar refractivity (Wildman–Crippen MR) is 130 cm³/mol. The van der Waals surface area contributed by atoms with Crippen molar-refractivity contribution in [2.45, 2.75) is 25.9 Å². The van der Waals surface area contributed by atoms with Gasteiger partial charge in [0.2, 0.25) is 6.10 Å². The minimum absolute atomic E-state index is 0.0840. The summed E-state index contributed by atoms with van der Waals surface area (Å²) in [6, 6.07) is 19.8. The Morgan fingerprint density at radius 2 is 1.53 bits per heavy atom. The molecule has 0 saturated carbocycles. The number of esters is 1. The van der Waals surface area contributed by atoms with E-state index in [2.05, 4.69) is 5.32 Å². The highest BCUT2D eigenvalue weighted by Crippen LogP contribution is 2.28. The van der Waals surface area contributed by atoms with Gasteiger partial charge >= 0.3 is 5.97 Å². The molecule has 1 unspecified atom stereocenters. The third-order valence-corrected chi connectivity index (χ3v) is 5.23. The lowest BCUT2D eigenvalue weighted by Crippen LogP contribution is -2.26. The normalized spacial score (nSPS) is 11.3. The summed E-state index contributed by atoms with van der Waals surface area (Å²) in [4.78, 5) is 25.9. The lowest BCUT2D eigenvalue weighted by atomic mass is 10.1. The zero-order valence-electron chi connectivity index (χ0n) is 19.8. The molecule has 3 aromatic carbocycles. The summed E-state index contributed by atoms with van der Waals surface area (Å²) < 4.78 is 21.6. The molecular weight excluding hydrogens is 434 g/mol. The van der Waals surface area contributed by atoms with Gasteiger partial charge in [-0.15, -0.1) is 0 Å². The quantitative estimate of drug-likeness (QED) is 0.432. The molecule has 0 saturated heterocycles. The molecule has 3 aromatic rings. The van der Waals surface area contributed by atoms with Crippen molar-refractivity contribution in [1.29, 1.82) is 0 Å². The zero-order valence-corrected chi connectivity index (χ0v) is 19.8. The number of methoxy groups -OCH3 is 3. The Hall–Kier alpha value is -4.00. The average Bonchev–Trinajstić information content (AvgIpc) is 2.86. The highest BCUT2D eigenvalue weighted by molar-refractivity contribution is 5.97. The topological polar surface area (TPSA) is 83.1 Å². The number of carbonyl (C=O) groups excluding carboxylic acids is 2. The molecule has 0 aliphatic heterocycles. The van der Waals surface area contributed by atoms with Crippen molar-refractivity contribution in [2.24, 2.45) is 0 Å².